The molecule has 0 fully saturated rings. The van der Waals surface area contributed by atoms with Crippen molar-refractivity contribution in [2.24, 2.45) is 0 Å². The second kappa shape index (κ2) is 8.32. The zero-order valence-electron chi connectivity index (χ0n) is 14.0. The van der Waals surface area contributed by atoms with Crippen molar-refractivity contribution in [2.75, 3.05) is 16.8 Å². The molecule has 1 aromatic rings. The Balaban J connectivity index is 2.78. The van der Waals surface area contributed by atoms with Crippen LogP contribution in [-0.2, 0) is 14.6 Å². The molecule has 1 N–H and O–H groups in total. The van der Waals surface area contributed by atoms with Crippen LogP contribution >= 0.6 is 0 Å². The van der Waals surface area contributed by atoms with Crippen LogP contribution in [0.2, 0.25) is 0 Å². The van der Waals surface area contributed by atoms with Gasteiger partial charge in [0.25, 0.3) is 0 Å². The third-order valence-corrected chi connectivity index (χ3v) is 5.21. The van der Waals surface area contributed by atoms with Gasteiger partial charge in [-0.05, 0) is 30.4 Å². The van der Waals surface area contributed by atoms with Gasteiger partial charge in [-0.25, -0.2) is 8.42 Å². The number of hydrogen-bond donors (Lipinski definition) is 1. The Morgan fingerprint density at radius 3 is 2.50 bits per heavy atom. The van der Waals surface area contributed by atoms with E-state index in [0.29, 0.717) is 6.42 Å². The fraction of sp³-hybridized carbons (Fsp3) is 0.588. The molecule has 0 aliphatic rings. The van der Waals surface area contributed by atoms with Crippen molar-refractivity contribution in [1.82, 2.24) is 0 Å². The van der Waals surface area contributed by atoms with E-state index in [9.17, 15) is 13.2 Å². The number of anilines is 1. The molecule has 1 amide bonds. The Morgan fingerprint density at radius 1 is 1.23 bits per heavy atom. The van der Waals surface area contributed by atoms with E-state index in [1.54, 1.807) is 0 Å². The molecular weight excluding hydrogens is 298 g/mol. The van der Waals surface area contributed by atoms with Crippen molar-refractivity contribution in [3.05, 3.63) is 29.3 Å². The molecule has 0 atom stereocenters. The molecular formula is C17H27NO3S. The van der Waals surface area contributed by atoms with Gasteiger partial charge in [-0.15, -0.1) is 0 Å². The SMILES string of the molecule is CCCCCS(=O)(=O)CC(=O)Nc1c(C)cccc1C(C)C. The van der Waals surface area contributed by atoms with Crippen LogP contribution in [0.15, 0.2) is 18.2 Å². The van der Waals surface area contributed by atoms with E-state index in [1.165, 1.54) is 0 Å². The van der Waals surface area contributed by atoms with Gasteiger partial charge in [0.15, 0.2) is 9.84 Å². The van der Waals surface area contributed by atoms with Crippen LogP contribution < -0.4 is 5.32 Å². The van der Waals surface area contributed by atoms with Gasteiger partial charge >= 0.3 is 0 Å². The summed E-state index contributed by atoms with van der Waals surface area (Å²) in [4.78, 5) is 12.1. The van der Waals surface area contributed by atoms with Crippen LogP contribution in [0.3, 0.4) is 0 Å². The predicted molar refractivity (Wildman–Crippen MR) is 92.1 cm³/mol. The van der Waals surface area contributed by atoms with E-state index >= 15 is 0 Å². The van der Waals surface area contributed by atoms with Gasteiger partial charge in [0.2, 0.25) is 5.91 Å². The second-order valence-electron chi connectivity index (χ2n) is 6.04. The lowest BCUT2D eigenvalue weighted by Gasteiger charge is -2.16. The van der Waals surface area contributed by atoms with Crippen LogP contribution in [0.5, 0.6) is 0 Å². The van der Waals surface area contributed by atoms with Gasteiger partial charge in [-0.3, -0.25) is 4.79 Å². The molecule has 0 saturated carbocycles. The van der Waals surface area contributed by atoms with E-state index in [1.807, 2.05) is 45.9 Å². The number of carbonyl (C=O) groups is 1. The van der Waals surface area contributed by atoms with Crippen molar-refractivity contribution < 1.29 is 13.2 Å². The molecule has 1 rings (SSSR count). The van der Waals surface area contributed by atoms with E-state index in [2.05, 4.69) is 5.32 Å². The van der Waals surface area contributed by atoms with Gasteiger partial charge in [0.1, 0.15) is 5.75 Å². The van der Waals surface area contributed by atoms with Crippen molar-refractivity contribution in [3.8, 4) is 0 Å². The van der Waals surface area contributed by atoms with Crippen molar-refractivity contribution in [1.29, 1.82) is 0 Å². The van der Waals surface area contributed by atoms with E-state index in [-0.39, 0.29) is 11.7 Å². The highest BCUT2D eigenvalue weighted by Crippen LogP contribution is 2.27. The summed E-state index contributed by atoms with van der Waals surface area (Å²) in [6.07, 6.45) is 2.45. The van der Waals surface area contributed by atoms with Crippen molar-refractivity contribution >= 4 is 21.4 Å². The number of carbonyl (C=O) groups excluding carboxylic acids is 1. The zero-order valence-corrected chi connectivity index (χ0v) is 14.8. The number of nitrogens with one attached hydrogen (secondary N) is 1. The third-order valence-electron chi connectivity index (χ3n) is 3.60. The topological polar surface area (TPSA) is 63.2 Å². The average molecular weight is 325 g/mol. The molecule has 0 bridgehead atoms. The summed E-state index contributed by atoms with van der Waals surface area (Å²) >= 11 is 0. The van der Waals surface area contributed by atoms with Gasteiger partial charge in [0.05, 0.1) is 5.75 Å². The normalized spacial score (nSPS) is 11.7. The summed E-state index contributed by atoms with van der Waals surface area (Å²) in [5.41, 5.74) is 2.71. The zero-order chi connectivity index (χ0) is 16.8. The fourth-order valence-electron chi connectivity index (χ4n) is 2.36. The van der Waals surface area contributed by atoms with Crippen LogP contribution in [-0.4, -0.2) is 25.8 Å². The van der Waals surface area contributed by atoms with Gasteiger partial charge in [-0.1, -0.05) is 51.8 Å². The Bertz CT molecular complexity index is 606. The largest absolute Gasteiger partial charge is 0.325 e. The number of para-hydroxylation sites is 1. The van der Waals surface area contributed by atoms with Crippen molar-refractivity contribution in [2.45, 2.75) is 52.9 Å². The lowest BCUT2D eigenvalue weighted by Crippen LogP contribution is -2.25. The number of benzene rings is 1. The molecule has 1 aromatic carbocycles. The summed E-state index contributed by atoms with van der Waals surface area (Å²) in [7, 11) is -3.33. The van der Waals surface area contributed by atoms with E-state index < -0.39 is 21.5 Å². The second-order valence-corrected chi connectivity index (χ2v) is 8.23. The summed E-state index contributed by atoms with van der Waals surface area (Å²) in [5, 5.41) is 2.79. The van der Waals surface area contributed by atoms with Crippen LogP contribution in [0.4, 0.5) is 5.69 Å². The first-order valence-electron chi connectivity index (χ1n) is 7.86. The number of amides is 1. The highest BCUT2D eigenvalue weighted by molar-refractivity contribution is 7.92. The van der Waals surface area contributed by atoms with Crippen LogP contribution in [0.25, 0.3) is 0 Å². The minimum atomic E-state index is -3.33. The molecule has 0 heterocycles. The predicted octanol–water partition coefficient (Wildman–Crippen LogP) is 3.66. The number of rotatable bonds is 8. The number of hydrogen-bond acceptors (Lipinski definition) is 3. The molecule has 0 saturated heterocycles. The van der Waals surface area contributed by atoms with Crippen LogP contribution in [0, 0.1) is 6.92 Å². The Morgan fingerprint density at radius 2 is 1.91 bits per heavy atom. The van der Waals surface area contributed by atoms with Gasteiger partial charge < -0.3 is 5.32 Å². The summed E-state index contributed by atoms with van der Waals surface area (Å²) < 4.78 is 23.9. The summed E-state index contributed by atoms with van der Waals surface area (Å²) in [5.74, 6) is -0.550. The van der Waals surface area contributed by atoms with E-state index in [4.69, 9.17) is 0 Å². The maximum atomic E-state index is 12.1. The molecule has 0 spiro atoms. The first-order chi connectivity index (χ1) is 10.3. The molecule has 0 aromatic heterocycles. The molecule has 0 unspecified atom stereocenters. The van der Waals surface area contributed by atoms with Crippen LogP contribution in [0.1, 0.15) is 57.1 Å². The molecule has 5 heteroatoms. The minimum absolute atomic E-state index is 0.0824. The summed E-state index contributed by atoms with van der Waals surface area (Å²) in [6.45, 7) is 8.03. The smallest absolute Gasteiger partial charge is 0.239 e. The maximum Gasteiger partial charge on any atom is 0.239 e. The molecule has 4 nitrogen and oxygen atoms in total. The molecule has 0 aliphatic heterocycles. The molecule has 22 heavy (non-hydrogen) atoms. The third kappa shape index (κ3) is 5.79. The Kier molecular flexibility index (Phi) is 7.07. The highest BCUT2D eigenvalue weighted by Gasteiger charge is 2.18. The highest BCUT2D eigenvalue weighted by atomic mass is 32.2. The fourth-order valence-corrected chi connectivity index (χ4v) is 3.62. The number of aryl methyl sites for hydroxylation is 1. The number of sulfone groups is 1. The van der Waals surface area contributed by atoms with E-state index in [0.717, 1.165) is 29.7 Å². The first kappa shape index (κ1) is 18.7. The summed E-state index contributed by atoms with van der Waals surface area (Å²) in [6, 6.07) is 5.82. The average Bonchev–Trinajstić information content (AvgIpc) is 2.40. The molecule has 124 valence electrons. The maximum absolute atomic E-state index is 12.1. The van der Waals surface area contributed by atoms with Gasteiger partial charge in [-0.2, -0.15) is 0 Å². The monoisotopic (exact) mass is 325 g/mol. The Hall–Kier alpha value is -1.36. The Labute approximate surface area is 134 Å². The molecule has 0 radical (unpaired) electrons. The number of unbranched alkanes of at least 4 members (excludes halogenated alkanes) is 2. The quantitative estimate of drug-likeness (QED) is 0.742. The standard InChI is InChI=1S/C17H27NO3S/c1-5-6-7-11-22(20,21)12-16(19)18-17-14(4)9-8-10-15(17)13(2)3/h8-10,13H,5-7,11-12H2,1-4H3,(H,18,19). The lowest BCUT2D eigenvalue weighted by atomic mass is 9.98. The molecule has 0 aliphatic carbocycles. The van der Waals surface area contributed by atoms with Crippen molar-refractivity contribution in [3.63, 3.8) is 0 Å². The first-order valence-corrected chi connectivity index (χ1v) is 9.68. The van der Waals surface area contributed by atoms with Gasteiger partial charge in [0, 0.05) is 5.69 Å². The lowest BCUT2D eigenvalue weighted by molar-refractivity contribution is -0.113. The minimum Gasteiger partial charge on any atom is -0.325 e.